The minimum absolute atomic E-state index is 0. The van der Waals surface area contributed by atoms with E-state index in [1.165, 1.54) is 6.92 Å². The first-order valence-electron chi connectivity index (χ1n) is 11.5. The molecule has 0 bridgehead atoms. The van der Waals surface area contributed by atoms with E-state index in [-0.39, 0.29) is 64.4 Å². The van der Waals surface area contributed by atoms with Gasteiger partial charge in [-0.15, -0.1) is 24.8 Å². The van der Waals surface area contributed by atoms with Crippen molar-refractivity contribution in [3.05, 3.63) is 46.1 Å². The van der Waals surface area contributed by atoms with Crippen LogP contribution in [0.4, 0.5) is 5.69 Å². The number of ketones is 1. The monoisotopic (exact) mass is 587 g/mol. The fourth-order valence-electron chi connectivity index (χ4n) is 4.27. The van der Waals surface area contributed by atoms with Gasteiger partial charge < -0.3 is 21.5 Å². The van der Waals surface area contributed by atoms with Crippen molar-refractivity contribution in [1.29, 1.82) is 0 Å². The van der Waals surface area contributed by atoms with Crippen molar-refractivity contribution in [2.75, 3.05) is 5.32 Å². The van der Waals surface area contributed by atoms with Crippen LogP contribution in [-0.2, 0) is 4.79 Å². The second kappa shape index (κ2) is 12.9. The lowest BCUT2D eigenvalue weighted by atomic mass is 9.90. The number of nitrogens with two attached hydrogens (primary N) is 1. The predicted octanol–water partition coefficient (Wildman–Crippen LogP) is 5.54. The molecule has 1 amide bonds. The zero-order valence-electron chi connectivity index (χ0n) is 20.3. The number of nitrogens with one attached hydrogen (secondary N) is 2. The summed E-state index contributed by atoms with van der Waals surface area (Å²) in [4.78, 5) is 33.6. The molecule has 2 heterocycles. The number of amides is 1. The largest absolute Gasteiger partial charge is 0.505 e. The number of rotatable bonds is 6. The van der Waals surface area contributed by atoms with E-state index >= 15 is 0 Å². The number of phenols is 1. The molecule has 2 aromatic heterocycles. The quantitative estimate of drug-likeness (QED) is 0.278. The Morgan fingerprint density at radius 1 is 1.08 bits per heavy atom. The molecule has 1 fully saturated rings. The van der Waals surface area contributed by atoms with Crippen LogP contribution >= 0.6 is 48.0 Å². The van der Waals surface area contributed by atoms with E-state index in [2.05, 4.69) is 15.6 Å². The highest BCUT2D eigenvalue weighted by molar-refractivity contribution is 6.37. The molecule has 1 unspecified atom stereocenters. The molecular formula is C25H29Cl4N5O3. The summed E-state index contributed by atoms with van der Waals surface area (Å²) in [6.07, 6.45) is 4.80. The lowest BCUT2D eigenvalue weighted by Crippen LogP contribution is -2.46. The van der Waals surface area contributed by atoms with Gasteiger partial charge in [-0.3, -0.25) is 14.6 Å². The zero-order valence-corrected chi connectivity index (χ0v) is 23.4. The molecule has 0 saturated heterocycles. The van der Waals surface area contributed by atoms with Crippen LogP contribution in [0.2, 0.25) is 10.0 Å². The number of fused-ring (bicyclic) bond motifs is 1. The summed E-state index contributed by atoms with van der Waals surface area (Å²) in [5.41, 5.74) is 9.14. The molecule has 4 rings (SSSR count). The summed E-state index contributed by atoms with van der Waals surface area (Å²) in [5, 5.41) is 16.7. The number of benzene rings is 1. The molecular weight excluding hydrogens is 560 g/mol. The third-order valence-corrected chi connectivity index (χ3v) is 6.82. The van der Waals surface area contributed by atoms with Crippen molar-refractivity contribution < 1.29 is 14.7 Å². The number of halogens is 4. The van der Waals surface area contributed by atoms with Crippen molar-refractivity contribution in [3.8, 4) is 17.0 Å². The average molecular weight is 589 g/mol. The number of phenolic OH excluding ortho intramolecular Hbond substituents is 1. The van der Waals surface area contributed by atoms with Crippen LogP contribution in [0.3, 0.4) is 0 Å². The molecule has 12 heteroatoms. The maximum Gasteiger partial charge on any atom is 0.236 e. The van der Waals surface area contributed by atoms with Crippen molar-refractivity contribution in [2.45, 2.75) is 57.7 Å². The van der Waals surface area contributed by atoms with Crippen molar-refractivity contribution in [1.82, 2.24) is 15.3 Å². The Balaban J connectivity index is 0.00000241. The number of Topliss-reactive ketones (excluding diaryl/α,β-unsaturated/α-hetero) is 1. The summed E-state index contributed by atoms with van der Waals surface area (Å²) < 4.78 is 0. The topological polar surface area (TPSA) is 130 Å². The second-order valence-corrected chi connectivity index (χ2v) is 9.76. The molecule has 0 spiro atoms. The molecule has 1 atom stereocenters. The number of anilines is 1. The third kappa shape index (κ3) is 6.94. The Hall–Kier alpha value is -2.36. The molecule has 5 N–H and O–H groups in total. The number of pyridine rings is 2. The number of aromatic hydroxyl groups is 1. The van der Waals surface area contributed by atoms with E-state index in [4.69, 9.17) is 33.9 Å². The summed E-state index contributed by atoms with van der Waals surface area (Å²) in [5.74, 6) is -0.456. The van der Waals surface area contributed by atoms with E-state index in [1.807, 2.05) is 6.07 Å². The fraction of sp³-hybridized carbons (Fsp3) is 0.360. The van der Waals surface area contributed by atoms with Gasteiger partial charge in [0.15, 0.2) is 11.5 Å². The van der Waals surface area contributed by atoms with E-state index in [9.17, 15) is 14.7 Å². The van der Waals surface area contributed by atoms with Crippen LogP contribution in [0.25, 0.3) is 22.3 Å². The molecule has 1 aliphatic carbocycles. The van der Waals surface area contributed by atoms with Gasteiger partial charge in [0.1, 0.15) is 5.52 Å². The molecule has 0 radical (unpaired) electrons. The van der Waals surface area contributed by atoms with Crippen LogP contribution in [0.5, 0.6) is 5.75 Å². The minimum Gasteiger partial charge on any atom is -0.505 e. The second-order valence-electron chi connectivity index (χ2n) is 8.95. The number of hydrogen-bond acceptors (Lipinski definition) is 7. The Morgan fingerprint density at radius 2 is 1.68 bits per heavy atom. The first-order valence-corrected chi connectivity index (χ1v) is 12.2. The summed E-state index contributed by atoms with van der Waals surface area (Å²) in [7, 11) is 0. The lowest BCUT2D eigenvalue weighted by Gasteiger charge is -2.31. The average Bonchev–Trinajstić information content (AvgIpc) is 2.83. The van der Waals surface area contributed by atoms with Crippen LogP contribution in [0.1, 0.15) is 49.9 Å². The zero-order chi connectivity index (χ0) is 25.3. The maximum absolute atomic E-state index is 12.4. The highest BCUT2D eigenvalue weighted by Gasteiger charge is 2.25. The molecule has 200 valence electrons. The molecule has 1 aliphatic rings. The molecule has 1 aromatic carbocycles. The van der Waals surface area contributed by atoms with Gasteiger partial charge in [-0.2, -0.15) is 0 Å². The van der Waals surface area contributed by atoms with Gasteiger partial charge in [0.25, 0.3) is 0 Å². The molecule has 0 aliphatic heterocycles. The Bertz CT molecular complexity index is 1270. The standard InChI is InChI=1S/C25H27Cl2N5O3.2ClH/c1-12(28)25(35)31-16-5-3-15(4-6-16)30-22-17(13(2)33)11-29-21-8-7-20(32-23(21)22)14-9-18(26)24(34)19(27)10-14;;/h7-12,15-16,34H,3-6,28H2,1-2H3,(H,29,30)(H,31,35);2*1H/t12?,15-,16-;;. The Labute approximate surface area is 237 Å². The summed E-state index contributed by atoms with van der Waals surface area (Å²) in [6.45, 7) is 3.17. The van der Waals surface area contributed by atoms with Gasteiger partial charge in [-0.25, -0.2) is 4.98 Å². The summed E-state index contributed by atoms with van der Waals surface area (Å²) in [6, 6.07) is 6.44. The molecule has 8 nitrogen and oxygen atoms in total. The first kappa shape index (κ1) is 30.9. The maximum atomic E-state index is 12.4. The van der Waals surface area contributed by atoms with Crippen LogP contribution < -0.4 is 16.4 Å². The predicted molar refractivity (Wildman–Crippen MR) is 153 cm³/mol. The number of carbonyl (C=O) groups is 2. The van der Waals surface area contributed by atoms with Crippen LogP contribution in [0, 0.1) is 0 Å². The summed E-state index contributed by atoms with van der Waals surface area (Å²) >= 11 is 12.2. The minimum atomic E-state index is -0.536. The van der Waals surface area contributed by atoms with Crippen LogP contribution in [0.15, 0.2) is 30.5 Å². The lowest BCUT2D eigenvalue weighted by molar-refractivity contribution is -0.122. The fourth-order valence-corrected chi connectivity index (χ4v) is 4.76. The van der Waals surface area contributed by atoms with Crippen molar-refractivity contribution in [3.63, 3.8) is 0 Å². The van der Waals surface area contributed by atoms with Gasteiger partial charge in [0.05, 0.1) is 38.5 Å². The molecule has 3 aromatic rings. The van der Waals surface area contributed by atoms with Gasteiger partial charge in [-0.1, -0.05) is 23.2 Å². The van der Waals surface area contributed by atoms with Gasteiger partial charge in [-0.05, 0) is 63.8 Å². The number of aromatic nitrogens is 2. The Morgan fingerprint density at radius 3 is 2.24 bits per heavy atom. The molecule has 1 saturated carbocycles. The van der Waals surface area contributed by atoms with Crippen molar-refractivity contribution in [2.24, 2.45) is 5.73 Å². The van der Waals surface area contributed by atoms with Gasteiger partial charge in [0, 0.05) is 23.8 Å². The van der Waals surface area contributed by atoms with Crippen molar-refractivity contribution >= 4 is 76.4 Å². The van der Waals surface area contributed by atoms with Gasteiger partial charge in [0.2, 0.25) is 5.91 Å². The molecule has 37 heavy (non-hydrogen) atoms. The highest BCUT2D eigenvalue weighted by Crippen LogP contribution is 2.37. The van der Waals surface area contributed by atoms with Crippen LogP contribution in [-0.4, -0.2) is 44.9 Å². The first-order chi connectivity index (χ1) is 16.6. The third-order valence-electron chi connectivity index (χ3n) is 6.24. The number of nitrogens with zero attached hydrogens (tertiary/aromatic N) is 2. The SMILES string of the molecule is CC(=O)c1cnc2ccc(-c3cc(Cl)c(O)c(Cl)c3)nc2c1N[C@H]1CC[C@H](NC(=O)C(C)N)CC1.Cl.Cl. The van der Waals surface area contributed by atoms with E-state index < -0.39 is 6.04 Å². The van der Waals surface area contributed by atoms with E-state index in [1.54, 1.807) is 31.3 Å². The highest BCUT2D eigenvalue weighted by atomic mass is 35.5. The number of carbonyl (C=O) groups excluding carboxylic acids is 2. The van der Waals surface area contributed by atoms with E-state index in [0.717, 1.165) is 25.7 Å². The number of hydrogen-bond donors (Lipinski definition) is 4. The smallest absolute Gasteiger partial charge is 0.236 e. The normalized spacial score (nSPS) is 17.8. The van der Waals surface area contributed by atoms with Gasteiger partial charge >= 0.3 is 0 Å². The van der Waals surface area contributed by atoms with E-state index in [0.29, 0.717) is 33.5 Å². The Kier molecular flexibility index (Phi) is 10.8.